The molecule has 3 aromatic rings. The van der Waals surface area contributed by atoms with E-state index in [1.807, 2.05) is 30.3 Å². The molecule has 2 aliphatic rings. The lowest BCUT2D eigenvalue weighted by Crippen LogP contribution is -2.40. The molecule has 0 bridgehead atoms. The van der Waals surface area contributed by atoms with Crippen molar-refractivity contribution in [2.75, 3.05) is 19.5 Å². The van der Waals surface area contributed by atoms with E-state index in [0.717, 1.165) is 17.7 Å². The van der Waals surface area contributed by atoms with E-state index in [-0.39, 0.29) is 18.1 Å². The molecule has 0 spiro atoms. The number of anilines is 1. The number of rotatable bonds is 6. The van der Waals surface area contributed by atoms with E-state index in [1.165, 1.54) is 20.3 Å². The fourth-order valence-electron chi connectivity index (χ4n) is 5.60. The van der Waals surface area contributed by atoms with E-state index in [9.17, 15) is 18.4 Å². The summed E-state index contributed by atoms with van der Waals surface area (Å²) in [6, 6.07) is 18.3. The molecule has 0 aromatic heterocycles. The first-order chi connectivity index (χ1) is 18.8. The Bertz CT molecular complexity index is 1480. The van der Waals surface area contributed by atoms with Gasteiger partial charge in [0.05, 0.1) is 20.1 Å². The van der Waals surface area contributed by atoms with Crippen molar-refractivity contribution in [3.8, 4) is 11.5 Å². The average molecular weight is 531 g/mol. The maximum Gasteiger partial charge on any atom is 0.234 e. The summed E-state index contributed by atoms with van der Waals surface area (Å²) in [5.41, 5.74) is 2.49. The predicted molar refractivity (Wildman–Crippen MR) is 144 cm³/mol. The number of carbonyl (C=O) groups excluding carboxylic acids is 2. The lowest BCUT2D eigenvalue weighted by Gasteiger charge is -2.37. The van der Waals surface area contributed by atoms with E-state index >= 15 is 0 Å². The third kappa shape index (κ3) is 4.94. The zero-order valence-corrected chi connectivity index (χ0v) is 21.8. The molecule has 1 N–H and O–H groups in total. The SMILES string of the molecule is COc1ccc(OC)c([C@@H]2C3=C(C[C@H](c4ccccc4)CC3=O)N=C(C)C2C(=O)Nc2c(F)cccc2F)c1. The van der Waals surface area contributed by atoms with Crippen LogP contribution in [-0.4, -0.2) is 31.6 Å². The molecule has 8 heteroatoms. The number of nitrogens with zero attached hydrogens (tertiary/aromatic N) is 1. The summed E-state index contributed by atoms with van der Waals surface area (Å²) in [5.74, 6) is -3.53. The zero-order valence-electron chi connectivity index (χ0n) is 21.8. The lowest BCUT2D eigenvalue weighted by molar-refractivity contribution is -0.119. The maximum absolute atomic E-state index is 14.5. The number of benzene rings is 3. The molecular weight excluding hydrogens is 502 g/mol. The Balaban J connectivity index is 1.64. The highest BCUT2D eigenvalue weighted by Crippen LogP contribution is 2.49. The van der Waals surface area contributed by atoms with Gasteiger partial charge in [-0.1, -0.05) is 36.4 Å². The molecule has 0 saturated carbocycles. The largest absolute Gasteiger partial charge is 0.497 e. The first-order valence-corrected chi connectivity index (χ1v) is 12.7. The van der Waals surface area contributed by atoms with Crippen LogP contribution in [0.15, 0.2) is 83.0 Å². The Labute approximate surface area is 225 Å². The summed E-state index contributed by atoms with van der Waals surface area (Å²) in [4.78, 5) is 32.3. The van der Waals surface area contributed by atoms with Crippen molar-refractivity contribution in [1.29, 1.82) is 0 Å². The second kappa shape index (κ2) is 10.8. The number of hydrogen-bond donors (Lipinski definition) is 1. The summed E-state index contributed by atoms with van der Waals surface area (Å²) in [5, 5.41) is 2.41. The summed E-state index contributed by atoms with van der Waals surface area (Å²) >= 11 is 0. The highest BCUT2D eigenvalue weighted by atomic mass is 19.1. The number of allylic oxidation sites excluding steroid dienone is 2. The molecule has 0 fully saturated rings. The number of amides is 1. The number of para-hydroxylation sites is 1. The highest BCUT2D eigenvalue weighted by Gasteiger charge is 2.45. The summed E-state index contributed by atoms with van der Waals surface area (Å²) < 4.78 is 40.0. The van der Waals surface area contributed by atoms with Crippen molar-refractivity contribution < 1.29 is 27.8 Å². The van der Waals surface area contributed by atoms with Gasteiger partial charge in [0.2, 0.25) is 5.91 Å². The molecule has 6 nitrogen and oxygen atoms in total. The summed E-state index contributed by atoms with van der Waals surface area (Å²) in [6.45, 7) is 1.70. The first-order valence-electron chi connectivity index (χ1n) is 12.7. The Hall–Kier alpha value is -4.33. The van der Waals surface area contributed by atoms with Crippen LogP contribution >= 0.6 is 0 Å². The van der Waals surface area contributed by atoms with Crippen LogP contribution in [0.4, 0.5) is 14.5 Å². The fraction of sp³-hybridized carbons (Fsp3) is 0.258. The average Bonchev–Trinajstić information content (AvgIpc) is 2.94. The molecule has 3 atom stereocenters. The minimum Gasteiger partial charge on any atom is -0.497 e. The molecule has 3 aromatic carbocycles. The number of ketones is 1. The van der Waals surface area contributed by atoms with Gasteiger partial charge in [0.1, 0.15) is 28.8 Å². The smallest absolute Gasteiger partial charge is 0.234 e. The zero-order chi connectivity index (χ0) is 27.7. The van der Waals surface area contributed by atoms with Crippen molar-refractivity contribution in [3.05, 3.63) is 101 Å². The van der Waals surface area contributed by atoms with E-state index in [4.69, 9.17) is 14.5 Å². The molecule has 39 heavy (non-hydrogen) atoms. The molecule has 1 aliphatic carbocycles. The van der Waals surface area contributed by atoms with Gasteiger partial charge < -0.3 is 14.8 Å². The number of ether oxygens (including phenoxy) is 2. The normalized spacial score (nSPS) is 20.7. The van der Waals surface area contributed by atoms with Gasteiger partial charge in [-0.15, -0.1) is 0 Å². The van der Waals surface area contributed by atoms with Gasteiger partial charge in [0.25, 0.3) is 0 Å². The van der Waals surface area contributed by atoms with E-state index in [0.29, 0.717) is 40.5 Å². The van der Waals surface area contributed by atoms with Gasteiger partial charge in [-0.05, 0) is 55.2 Å². The van der Waals surface area contributed by atoms with Gasteiger partial charge in [-0.25, -0.2) is 8.78 Å². The predicted octanol–water partition coefficient (Wildman–Crippen LogP) is 6.20. The van der Waals surface area contributed by atoms with Crippen molar-refractivity contribution in [2.24, 2.45) is 10.9 Å². The van der Waals surface area contributed by atoms with Gasteiger partial charge in [0.15, 0.2) is 5.78 Å². The van der Waals surface area contributed by atoms with Gasteiger partial charge in [-0.3, -0.25) is 14.6 Å². The van der Waals surface area contributed by atoms with Crippen LogP contribution in [0.25, 0.3) is 0 Å². The molecule has 0 saturated heterocycles. The first kappa shape index (κ1) is 26.3. The third-order valence-corrected chi connectivity index (χ3v) is 7.42. The summed E-state index contributed by atoms with van der Waals surface area (Å²) in [6.07, 6.45) is 0.762. The Morgan fingerprint density at radius 3 is 2.33 bits per heavy atom. The lowest BCUT2D eigenvalue weighted by atomic mass is 9.68. The van der Waals surface area contributed by atoms with E-state index < -0.39 is 35.1 Å². The van der Waals surface area contributed by atoms with Crippen LogP contribution in [0.3, 0.4) is 0 Å². The highest BCUT2D eigenvalue weighted by molar-refractivity contribution is 6.13. The van der Waals surface area contributed by atoms with Crippen molar-refractivity contribution in [3.63, 3.8) is 0 Å². The number of hydrogen-bond acceptors (Lipinski definition) is 5. The quantitative estimate of drug-likeness (QED) is 0.412. The van der Waals surface area contributed by atoms with E-state index in [1.54, 1.807) is 25.1 Å². The Morgan fingerprint density at radius 1 is 0.949 bits per heavy atom. The molecule has 1 heterocycles. The molecule has 200 valence electrons. The second-order valence-corrected chi connectivity index (χ2v) is 9.70. The molecular formula is C31H28F2N2O4. The minimum absolute atomic E-state index is 0.0558. The molecule has 0 radical (unpaired) electrons. The van der Waals surface area contributed by atoms with Gasteiger partial charge in [-0.2, -0.15) is 0 Å². The van der Waals surface area contributed by atoms with Crippen LogP contribution < -0.4 is 14.8 Å². The van der Waals surface area contributed by atoms with Crippen LogP contribution in [0.5, 0.6) is 11.5 Å². The van der Waals surface area contributed by atoms with Gasteiger partial charge in [0, 0.05) is 34.9 Å². The minimum atomic E-state index is -1.03. The third-order valence-electron chi connectivity index (χ3n) is 7.42. The monoisotopic (exact) mass is 530 g/mol. The van der Waals surface area contributed by atoms with Gasteiger partial charge >= 0.3 is 0 Å². The molecule has 5 rings (SSSR count). The summed E-state index contributed by atoms with van der Waals surface area (Å²) in [7, 11) is 3.02. The van der Waals surface area contributed by atoms with Crippen LogP contribution in [0.1, 0.15) is 42.7 Å². The maximum atomic E-state index is 14.5. The Kier molecular flexibility index (Phi) is 7.28. The fourth-order valence-corrected chi connectivity index (χ4v) is 5.60. The van der Waals surface area contributed by atoms with Crippen LogP contribution in [0.2, 0.25) is 0 Å². The standard InChI is InChI=1S/C31H28F2N2O4/c1-17-27(31(37)35-30-22(32)10-7-11-23(30)33)28(21-16-20(38-2)12-13-26(21)39-3)29-24(34-17)14-19(15-25(29)36)18-8-5-4-6-9-18/h4-13,16,19,27-28H,14-15H2,1-3H3,(H,35,37)/t19-,27?,28-/m0/s1. The van der Waals surface area contributed by atoms with Crippen molar-refractivity contribution in [1.82, 2.24) is 0 Å². The number of carbonyl (C=O) groups is 2. The van der Waals surface area contributed by atoms with Crippen molar-refractivity contribution >= 4 is 23.1 Å². The molecule has 1 amide bonds. The number of nitrogens with one attached hydrogen (secondary N) is 1. The topological polar surface area (TPSA) is 77.0 Å². The van der Waals surface area contributed by atoms with Crippen LogP contribution in [-0.2, 0) is 9.59 Å². The van der Waals surface area contributed by atoms with E-state index in [2.05, 4.69) is 5.32 Å². The number of halogens is 2. The Morgan fingerprint density at radius 2 is 1.67 bits per heavy atom. The van der Waals surface area contributed by atoms with Crippen LogP contribution in [0, 0.1) is 17.6 Å². The molecule has 1 unspecified atom stereocenters. The number of methoxy groups -OCH3 is 2. The number of Topliss-reactive ketones (excluding diaryl/α,β-unsaturated/α-hetero) is 1. The molecule has 1 aliphatic heterocycles. The van der Waals surface area contributed by atoms with Crippen molar-refractivity contribution in [2.45, 2.75) is 31.6 Å². The number of aliphatic imine (C=N–C) groups is 1. The second-order valence-electron chi connectivity index (χ2n) is 9.70.